The van der Waals surface area contributed by atoms with Crippen molar-refractivity contribution in [1.82, 2.24) is 30.0 Å². The van der Waals surface area contributed by atoms with Gasteiger partial charge in [0.05, 0.1) is 0 Å². The second kappa shape index (κ2) is 13.4. The van der Waals surface area contributed by atoms with E-state index in [4.69, 9.17) is 23.2 Å². The Morgan fingerprint density at radius 2 is 0.956 bits per heavy atom. The van der Waals surface area contributed by atoms with Gasteiger partial charge in [0, 0.05) is 40.8 Å². The second-order valence-electron chi connectivity index (χ2n) is 11.0. The summed E-state index contributed by atoms with van der Waals surface area (Å²) < 4.78 is 0. The number of unbranched alkanes of at least 4 members (excludes halogenated alkanes) is 2. The maximum atomic E-state index is 11.6. The van der Waals surface area contributed by atoms with Crippen LogP contribution in [0.25, 0.3) is 33.4 Å². The van der Waals surface area contributed by atoms with Gasteiger partial charge in [0.15, 0.2) is 0 Å². The Kier molecular flexibility index (Phi) is 9.18. The highest BCUT2D eigenvalue weighted by molar-refractivity contribution is 6.31. The number of aryl methyl sites for hydroxylation is 2. The van der Waals surface area contributed by atoms with Crippen molar-refractivity contribution in [2.45, 2.75) is 44.9 Å². The number of aliphatic hydroxyl groups excluding tert-OH is 2. The van der Waals surface area contributed by atoms with Crippen LogP contribution >= 0.6 is 23.2 Å². The number of phenolic OH excluding ortho intramolecular Hbond substituents is 2. The number of hydrogen-bond acceptors (Lipinski definition) is 8. The average Bonchev–Trinajstić information content (AvgIpc) is 3.63. The molecule has 0 aliphatic rings. The molecular formula is C33H32Cl2N6O4. The summed E-state index contributed by atoms with van der Waals surface area (Å²) in [7, 11) is 0. The lowest BCUT2D eigenvalue weighted by Gasteiger charge is -2.16. The minimum absolute atomic E-state index is 0.0171. The van der Waals surface area contributed by atoms with E-state index < -0.39 is 0 Å². The molecule has 232 valence electrons. The van der Waals surface area contributed by atoms with Crippen molar-refractivity contribution in [2.75, 3.05) is 13.2 Å². The van der Waals surface area contributed by atoms with Gasteiger partial charge in [0.1, 0.15) is 44.9 Å². The lowest BCUT2D eigenvalue weighted by molar-refractivity contribution is 0.284. The standard InChI is InChI=1S/C33H32Cl2N6O4/c34-24-7-9-26-28(18-24)38-40(36-26)30-15-20(5-1-3-11-42)13-22(32(30)44)17-23-14-21(6-2-4-12-43)16-31(33(23)45)41-37-27-10-8-25(35)19-29(27)39-41/h7-10,13-16,18-19,42-45H,1-6,11-12,17H2. The van der Waals surface area contributed by atoms with Crippen LogP contribution < -0.4 is 0 Å². The number of aromatic hydroxyl groups is 2. The highest BCUT2D eigenvalue weighted by atomic mass is 35.5. The predicted molar refractivity (Wildman–Crippen MR) is 174 cm³/mol. The van der Waals surface area contributed by atoms with Crippen LogP contribution in [0, 0.1) is 0 Å². The minimum atomic E-state index is -0.0171. The van der Waals surface area contributed by atoms with Gasteiger partial charge >= 0.3 is 0 Å². The summed E-state index contributed by atoms with van der Waals surface area (Å²) in [5.41, 5.74) is 6.25. The summed E-state index contributed by atoms with van der Waals surface area (Å²) >= 11 is 12.3. The van der Waals surface area contributed by atoms with Crippen molar-refractivity contribution in [2.24, 2.45) is 0 Å². The van der Waals surface area contributed by atoms with Crippen molar-refractivity contribution in [1.29, 1.82) is 0 Å². The highest BCUT2D eigenvalue weighted by Crippen LogP contribution is 2.36. The summed E-state index contributed by atoms with van der Waals surface area (Å²) in [6, 6.07) is 18.0. The molecule has 4 N–H and O–H groups in total. The van der Waals surface area contributed by atoms with Crippen LogP contribution in [0.5, 0.6) is 11.5 Å². The van der Waals surface area contributed by atoms with E-state index in [1.165, 1.54) is 9.59 Å². The highest BCUT2D eigenvalue weighted by Gasteiger charge is 2.20. The van der Waals surface area contributed by atoms with Crippen LogP contribution in [-0.2, 0) is 19.3 Å². The Balaban J connectivity index is 1.45. The molecule has 0 aliphatic carbocycles. The molecule has 2 heterocycles. The predicted octanol–water partition coefficient (Wildman–Crippen LogP) is 6.09. The van der Waals surface area contributed by atoms with Crippen LogP contribution in [0.2, 0.25) is 10.0 Å². The fraction of sp³-hybridized carbons (Fsp3) is 0.273. The zero-order valence-corrected chi connectivity index (χ0v) is 25.9. The van der Waals surface area contributed by atoms with E-state index in [1.807, 2.05) is 24.3 Å². The SMILES string of the molecule is OCCCCc1cc(Cc2cc(CCCCO)cc(-n3nc4ccc(Cl)cc4n3)c2O)c(O)c(-n2nc3ccc(Cl)cc3n2)c1. The lowest BCUT2D eigenvalue weighted by Crippen LogP contribution is -2.06. The topological polar surface area (TPSA) is 142 Å². The third kappa shape index (κ3) is 6.74. The Morgan fingerprint density at radius 1 is 0.533 bits per heavy atom. The van der Waals surface area contributed by atoms with E-state index in [9.17, 15) is 20.4 Å². The van der Waals surface area contributed by atoms with Crippen molar-refractivity contribution >= 4 is 45.3 Å². The number of halogens is 2. The average molecular weight is 648 g/mol. The van der Waals surface area contributed by atoms with E-state index in [0.29, 0.717) is 80.3 Å². The lowest BCUT2D eigenvalue weighted by atomic mass is 9.95. The second-order valence-corrected chi connectivity index (χ2v) is 11.9. The zero-order valence-electron chi connectivity index (χ0n) is 24.4. The molecule has 2 aromatic heterocycles. The van der Waals surface area contributed by atoms with Crippen LogP contribution in [0.3, 0.4) is 0 Å². The molecule has 0 spiro atoms. The van der Waals surface area contributed by atoms with Crippen LogP contribution in [0.4, 0.5) is 0 Å². The first-order chi connectivity index (χ1) is 21.8. The van der Waals surface area contributed by atoms with Gasteiger partial charge in [0.25, 0.3) is 0 Å². The van der Waals surface area contributed by atoms with E-state index in [2.05, 4.69) is 20.4 Å². The first-order valence-electron chi connectivity index (χ1n) is 14.8. The number of benzene rings is 4. The van der Waals surface area contributed by atoms with Gasteiger partial charge < -0.3 is 20.4 Å². The van der Waals surface area contributed by atoms with E-state index in [-0.39, 0.29) is 31.1 Å². The number of phenols is 2. The van der Waals surface area contributed by atoms with E-state index in [0.717, 1.165) is 24.0 Å². The van der Waals surface area contributed by atoms with Gasteiger partial charge in [-0.25, -0.2) is 0 Å². The first-order valence-corrected chi connectivity index (χ1v) is 15.6. The number of fused-ring (bicyclic) bond motifs is 2. The molecule has 0 saturated heterocycles. The van der Waals surface area contributed by atoms with Gasteiger partial charge in [-0.05, 0) is 98.2 Å². The summed E-state index contributed by atoms with van der Waals surface area (Å²) in [4.78, 5) is 2.80. The van der Waals surface area contributed by atoms with E-state index >= 15 is 0 Å². The third-order valence-corrected chi connectivity index (χ3v) is 8.17. The summed E-state index contributed by atoms with van der Waals surface area (Å²) in [5, 5.41) is 61.3. The quantitative estimate of drug-likeness (QED) is 0.117. The van der Waals surface area contributed by atoms with Crippen LogP contribution in [0.1, 0.15) is 47.9 Å². The first kappa shape index (κ1) is 30.8. The Morgan fingerprint density at radius 3 is 1.38 bits per heavy atom. The van der Waals surface area contributed by atoms with Crippen LogP contribution in [0.15, 0.2) is 60.7 Å². The molecular weight excluding hydrogens is 615 g/mol. The molecule has 0 atom stereocenters. The Bertz CT molecular complexity index is 1850. The largest absolute Gasteiger partial charge is 0.505 e. The maximum absolute atomic E-state index is 11.6. The summed E-state index contributed by atoms with van der Waals surface area (Å²) in [6.45, 7) is 0.181. The third-order valence-electron chi connectivity index (χ3n) is 7.70. The molecule has 12 heteroatoms. The zero-order chi connectivity index (χ0) is 31.5. The number of rotatable bonds is 12. The molecule has 0 amide bonds. The number of nitrogens with zero attached hydrogens (tertiary/aromatic N) is 6. The van der Waals surface area contributed by atoms with Crippen molar-refractivity contribution in [3.8, 4) is 22.9 Å². The number of aliphatic hydroxyl groups is 2. The van der Waals surface area contributed by atoms with E-state index in [1.54, 1.807) is 36.4 Å². The molecule has 0 saturated carbocycles. The summed E-state index contributed by atoms with van der Waals surface area (Å²) in [6.07, 6.45) is 4.31. The number of hydrogen-bond donors (Lipinski definition) is 4. The smallest absolute Gasteiger partial charge is 0.146 e. The van der Waals surface area contributed by atoms with Gasteiger partial charge in [-0.3, -0.25) is 0 Å². The molecule has 0 radical (unpaired) electrons. The molecule has 45 heavy (non-hydrogen) atoms. The van der Waals surface area contributed by atoms with Gasteiger partial charge in [-0.2, -0.15) is 0 Å². The van der Waals surface area contributed by atoms with Gasteiger partial charge in [-0.15, -0.1) is 30.0 Å². The van der Waals surface area contributed by atoms with Gasteiger partial charge in [0.2, 0.25) is 0 Å². The van der Waals surface area contributed by atoms with Gasteiger partial charge in [-0.1, -0.05) is 35.3 Å². The number of aromatic nitrogens is 6. The van der Waals surface area contributed by atoms with Crippen molar-refractivity contribution < 1.29 is 20.4 Å². The van der Waals surface area contributed by atoms with Crippen molar-refractivity contribution in [3.63, 3.8) is 0 Å². The van der Waals surface area contributed by atoms with Crippen LogP contribution in [-0.4, -0.2) is 63.6 Å². The monoisotopic (exact) mass is 646 g/mol. The maximum Gasteiger partial charge on any atom is 0.146 e. The minimum Gasteiger partial charge on any atom is -0.505 e. The molecule has 4 aromatic carbocycles. The summed E-state index contributed by atoms with van der Waals surface area (Å²) in [5.74, 6) is -0.0342. The molecule has 0 bridgehead atoms. The fourth-order valence-corrected chi connectivity index (χ4v) is 5.76. The Labute approximate surface area is 269 Å². The molecule has 6 aromatic rings. The molecule has 0 unspecified atom stereocenters. The Hall–Kier alpha value is -4.22. The molecule has 0 fully saturated rings. The van der Waals surface area contributed by atoms with Crippen molar-refractivity contribution in [3.05, 3.63) is 93.0 Å². The normalized spacial score (nSPS) is 11.6. The molecule has 0 aliphatic heterocycles. The molecule has 6 rings (SSSR count). The molecule has 10 nitrogen and oxygen atoms in total. The fourth-order valence-electron chi connectivity index (χ4n) is 5.43.